The number of aryl methyl sites for hydroxylation is 1. The lowest BCUT2D eigenvalue weighted by atomic mass is 10.2. The number of rotatable bonds is 6. The molecule has 2 rings (SSSR count). The predicted octanol–water partition coefficient (Wildman–Crippen LogP) is 1.07. The third-order valence-electron chi connectivity index (χ3n) is 3.00. The molecule has 112 valence electrons. The zero-order valence-corrected chi connectivity index (χ0v) is 12.3. The molecular weight excluding hydrogens is 268 g/mol. The summed E-state index contributed by atoms with van der Waals surface area (Å²) in [4.78, 5) is 23.2. The second-order valence-electron chi connectivity index (χ2n) is 5.18. The van der Waals surface area contributed by atoms with Crippen LogP contribution in [0, 0.1) is 0 Å². The smallest absolute Gasteiger partial charge is 0.239 e. The molecule has 0 atom stereocenters. The summed E-state index contributed by atoms with van der Waals surface area (Å²) in [5.41, 5.74) is 1.00. The maximum absolute atomic E-state index is 11.7. The lowest BCUT2D eigenvalue weighted by Gasteiger charge is -2.09. The largest absolute Gasteiger partial charge is 0.352 e. The van der Waals surface area contributed by atoms with E-state index >= 15 is 0 Å². The van der Waals surface area contributed by atoms with Crippen molar-refractivity contribution in [3.63, 3.8) is 0 Å². The molecule has 0 aliphatic heterocycles. The first-order chi connectivity index (χ1) is 10.1. The molecule has 21 heavy (non-hydrogen) atoms. The van der Waals surface area contributed by atoms with Crippen LogP contribution in [0.1, 0.15) is 20.3 Å². The van der Waals surface area contributed by atoms with Crippen LogP contribution in [0.4, 0.5) is 0 Å². The highest BCUT2D eigenvalue weighted by atomic mass is 16.2. The number of para-hydroxylation sites is 1. The number of carbonyl (C=O) groups excluding carboxylic acids is 2. The maximum atomic E-state index is 11.7. The van der Waals surface area contributed by atoms with Crippen LogP contribution in [0.5, 0.6) is 0 Å². The topological polar surface area (TPSA) is 76.0 Å². The van der Waals surface area contributed by atoms with E-state index in [4.69, 9.17) is 0 Å². The van der Waals surface area contributed by atoms with Crippen LogP contribution in [0.3, 0.4) is 0 Å². The Hall–Kier alpha value is -2.37. The van der Waals surface area contributed by atoms with Gasteiger partial charge in [-0.3, -0.25) is 14.3 Å². The molecule has 1 heterocycles. The first-order valence-electron chi connectivity index (χ1n) is 7.03. The number of aromatic nitrogens is 2. The van der Waals surface area contributed by atoms with E-state index in [1.807, 2.05) is 38.1 Å². The number of benzene rings is 1. The van der Waals surface area contributed by atoms with Crippen molar-refractivity contribution in [1.29, 1.82) is 0 Å². The summed E-state index contributed by atoms with van der Waals surface area (Å²) in [6.07, 6.45) is 2.07. The minimum atomic E-state index is -0.178. The van der Waals surface area contributed by atoms with Crippen LogP contribution >= 0.6 is 0 Å². The lowest BCUT2D eigenvalue weighted by Crippen LogP contribution is -2.40. The van der Waals surface area contributed by atoms with E-state index in [0.717, 1.165) is 10.9 Å². The molecule has 2 amide bonds. The number of carbonyl (C=O) groups is 2. The molecule has 0 fully saturated rings. The minimum Gasteiger partial charge on any atom is -0.352 e. The van der Waals surface area contributed by atoms with Gasteiger partial charge in [0, 0.05) is 17.8 Å². The molecular formula is C15H20N4O2. The number of hydrogen-bond acceptors (Lipinski definition) is 3. The fraction of sp³-hybridized carbons (Fsp3) is 0.400. The summed E-state index contributed by atoms with van der Waals surface area (Å²) in [5.74, 6) is -0.337. The molecule has 1 aromatic carbocycles. The van der Waals surface area contributed by atoms with Crippen LogP contribution in [0.2, 0.25) is 0 Å². The summed E-state index contributed by atoms with van der Waals surface area (Å²) in [7, 11) is 0. The van der Waals surface area contributed by atoms with Gasteiger partial charge in [-0.2, -0.15) is 5.10 Å². The number of nitrogens with zero attached hydrogens (tertiary/aromatic N) is 2. The average molecular weight is 288 g/mol. The van der Waals surface area contributed by atoms with E-state index in [1.165, 1.54) is 0 Å². The zero-order chi connectivity index (χ0) is 15.2. The van der Waals surface area contributed by atoms with Gasteiger partial charge in [0.25, 0.3) is 0 Å². The Kier molecular flexibility index (Phi) is 4.92. The summed E-state index contributed by atoms with van der Waals surface area (Å²) in [6.45, 7) is 4.26. The van der Waals surface area contributed by atoms with Crippen molar-refractivity contribution in [2.45, 2.75) is 32.9 Å². The molecule has 6 nitrogen and oxygen atoms in total. The Labute approximate surface area is 123 Å². The Morgan fingerprint density at radius 2 is 2.00 bits per heavy atom. The van der Waals surface area contributed by atoms with Crippen molar-refractivity contribution >= 4 is 22.7 Å². The van der Waals surface area contributed by atoms with Gasteiger partial charge in [-0.1, -0.05) is 18.2 Å². The zero-order valence-electron chi connectivity index (χ0n) is 12.3. The van der Waals surface area contributed by atoms with E-state index < -0.39 is 0 Å². The summed E-state index contributed by atoms with van der Waals surface area (Å²) >= 11 is 0. The van der Waals surface area contributed by atoms with Gasteiger partial charge in [-0.05, 0) is 19.9 Å². The molecule has 2 N–H and O–H groups in total. The molecule has 0 saturated carbocycles. The number of nitrogens with one attached hydrogen (secondary N) is 2. The van der Waals surface area contributed by atoms with Crippen molar-refractivity contribution < 1.29 is 9.59 Å². The standard InChI is InChI=1S/C15H20N4O2/c1-11(2)18-15(21)10-16-14(20)7-8-19-13-6-4-3-5-12(13)9-17-19/h3-6,9,11H,7-8,10H2,1-2H3,(H,16,20)(H,18,21). The van der Waals surface area contributed by atoms with Gasteiger partial charge in [-0.25, -0.2) is 0 Å². The molecule has 2 aromatic rings. The van der Waals surface area contributed by atoms with Crippen LogP contribution in [-0.4, -0.2) is 34.2 Å². The van der Waals surface area contributed by atoms with Crippen LogP contribution in [0.25, 0.3) is 10.9 Å². The first-order valence-corrected chi connectivity index (χ1v) is 7.03. The summed E-state index contributed by atoms with van der Waals surface area (Å²) in [6, 6.07) is 7.92. The van der Waals surface area contributed by atoms with Crippen molar-refractivity contribution in [3.05, 3.63) is 30.5 Å². The van der Waals surface area contributed by atoms with Gasteiger partial charge >= 0.3 is 0 Å². The maximum Gasteiger partial charge on any atom is 0.239 e. The van der Waals surface area contributed by atoms with Crippen LogP contribution in [-0.2, 0) is 16.1 Å². The highest BCUT2D eigenvalue weighted by Gasteiger charge is 2.08. The number of hydrogen-bond donors (Lipinski definition) is 2. The third-order valence-corrected chi connectivity index (χ3v) is 3.00. The number of fused-ring (bicyclic) bond motifs is 1. The molecule has 0 saturated heterocycles. The van der Waals surface area contributed by atoms with Crippen LogP contribution < -0.4 is 10.6 Å². The van der Waals surface area contributed by atoms with Gasteiger partial charge in [0.15, 0.2) is 0 Å². The van der Waals surface area contributed by atoms with Crippen molar-refractivity contribution in [2.75, 3.05) is 6.54 Å². The predicted molar refractivity (Wildman–Crippen MR) is 80.6 cm³/mol. The SMILES string of the molecule is CC(C)NC(=O)CNC(=O)CCn1ncc2ccccc21. The van der Waals surface area contributed by atoms with E-state index in [2.05, 4.69) is 15.7 Å². The summed E-state index contributed by atoms with van der Waals surface area (Å²) in [5, 5.41) is 10.6. The molecule has 0 aliphatic carbocycles. The normalized spacial score (nSPS) is 10.8. The van der Waals surface area contributed by atoms with E-state index in [-0.39, 0.29) is 24.4 Å². The third kappa shape index (κ3) is 4.30. The van der Waals surface area contributed by atoms with Gasteiger partial charge < -0.3 is 10.6 Å². The fourth-order valence-electron chi connectivity index (χ4n) is 2.05. The summed E-state index contributed by atoms with van der Waals surface area (Å²) < 4.78 is 1.79. The Morgan fingerprint density at radius 1 is 1.24 bits per heavy atom. The van der Waals surface area contributed by atoms with Crippen molar-refractivity contribution in [3.8, 4) is 0 Å². The Bertz CT molecular complexity index is 633. The Balaban J connectivity index is 1.80. The molecule has 0 spiro atoms. The molecule has 1 aromatic heterocycles. The van der Waals surface area contributed by atoms with Gasteiger partial charge in [-0.15, -0.1) is 0 Å². The Morgan fingerprint density at radius 3 is 2.76 bits per heavy atom. The van der Waals surface area contributed by atoms with E-state index in [1.54, 1.807) is 10.9 Å². The second kappa shape index (κ2) is 6.88. The van der Waals surface area contributed by atoms with Gasteiger partial charge in [0.2, 0.25) is 11.8 Å². The van der Waals surface area contributed by atoms with Gasteiger partial charge in [0.1, 0.15) is 0 Å². The van der Waals surface area contributed by atoms with E-state index in [0.29, 0.717) is 13.0 Å². The highest BCUT2D eigenvalue weighted by molar-refractivity contribution is 5.85. The quantitative estimate of drug-likeness (QED) is 0.834. The molecule has 0 bridgehead atoms. The molecule has 0 unspecified atom stereocenters. The van der Waals surface area contributed by atoms with Crippen molar-refractivity contribution in [2.24, 2.45) is 0 Å². The first kappa shape index (κ1) is 15.0. The highest BCUT2D eigenvalue weighted by Crippen LogP contribution is 2.12. The monoisotopic (exact) mass is 288 g/mol. The van der Waals surface area contributed by atoms with Crippen molar-refractivity contribution in [1.82, 2.24) is 20.4 Å². The second-order valence-corrected chi connectivity index (χ2v) is 5.18. The average Bonchev–Trinajstić information content (AvgIpc) is 2.85. The molecule has 0 radical (unpaired) electrons. The molecule has 0 aliphatic rings. The molecule has 6 heteroatoms. The number of amides is 2. The van der Waals surface area contributed by atoms with Gasteiger partial charge in [0.05, 0.1) is 24.8 Å². The minimum absolute atomic E-state index is 0.0108. The van der Waals surface area contributed by atoms with E-state index in [9.17, 15) is 9.59 Å². The lowest BCUT2D eigenvalue weighted by molar-refractivity contribution is -0.126. The van der Waals surface area contributed by atoms with Crippen LogP contribution in [0.15, 0.2) is 30.5 Å². The fourth-order valence-corrected chi connectivity index (χ4v) is 2.05.